The zero-order chi connectivity index (χ0) is 13.9. The Hall–Kier alpha value is -0.290. The summed E-state index contributed by atoms with van der Waals surface area (Å²) in [4.78, 5) is 0. The summed E-state index contributed by atoms with van der Waals surface area (Å²) in [5.41, 5.74) is 0.500. The van der Waals surface area contributed by atoms with E-state index in [9.17, 15) is 8.94 Å². The van der Waals surface area contributed by atoms with Gasteiger partial charge in [0.15, 0.2) is 0 Å². The van der Waals surface area contributed by atoms with Crippen molar-refractivity contribution in [3.05, 3.63) is 34.6 Å². The molecule has 0 spiro atoms. The third kappa shape index (κ3) is 4.12. The minimum absolute atomic E-state index is 0.276. The van der Waals surface area contributed by atoms with E-state index in [1.165, 1.54) is 6.07 Å². The van der Waals surface area contributed by atoms with Gasteiger partial charge in [-0.05, 0) is 39.3 Å². The Bertz CT molecular complexity index is 408. The highest BCUT2D eigenvalue weighted by Gasteiger charge is 2.30. The predicted molar refractivity (Wildman–Crippen MR) is 75.5 cm³/mol. The summed E-state index contributed by atoms with van der Waals surface area (Å²) in [7, 11) is 0. The van der Waals surface area contributed by atoms with E-state index < -0.39 is 11.4 Å². The van der Waals surface area contributed by atoms with Crippen molar-refractivity contribution in [3.63, 3.8) is 0 Å². The molecule has 2 atom stereocenters. The van der Waals surface area contributed by atoms with Crippen LogP contribution in [0, 0.1) is 5.82 Å². The molecule has 5 heteroatoms. The maximum atomic E-state index is 13.8. The summed E-state index contributed by atoms with van der Waals surface area (Å²) in [5.74, 6) is -0.368. The SMILES string of the molecule is CC[C@H](N[S+]([O-])C(C)(C)C)c1ccc(Cl)cc1F. The zero-order valence-corrected chi connectivity index (χ0v) is 12.7. The number of benzene rings is 1. The van der Waals surface area contributed by atoms with Crippen molar-refractivity contribution in [1.82, 2.24) is 4.72 Å². The van der Waals surface area contributed by atoms with Gasteiger partial charge in [-0.2, -0.15) is 0 Å². The molecular formula is C13H19ClFNOS. The third-order valence-electron chi connectivity index (χ3n) is 2.55. The van der Waals surface area contributed by atoms with Crippen molar-refractivity contribution >= 4 is 23.0 Å². The largest absolute Gasteiger partial charge is 0.598 e. The van der Waals surface area contributed by atoms with Crippen molar-refractivity contribution in [3.8, 4) is 0 Å². The van der Waals surface area contributed by atoms with Crippen molar-refractivity contribution < 1.29 is 8.94 Å². The first-order chi connectivity index (χ1) is 8.25. The molecule has 0 amide bonds. The number of hydrogen-bond acceptors (Lipinski definition) is 2. The molecule has 0 aliphatic carbocycles. The molecular weight excluding hydrogens is 273 g/mol. The molecule has 0 fully saturated rings. The van der Waals surface area contributed by atoms with Gasteiger partial charge in [-0.15, -0.1) is 4.72 Å². The third-order valence-corrected chi connectivity index (χ3v) is 4.40. The van der Waals surface area contributed by atoms with Crippen molar-refractivity contribution in [1.29, 1.82) is 0 Å². The molecule has 0 aromatic heterocycles. The summed E-state index contributed by atoms with van der Waals surface area (Å²) in [6, 6.07) is 4.28. The van der Waals surface area contributed by atoms with Crippen LogP contribution in [-0.2, 0) is 11.4 Å². The van der Waals surface area contributed by atoms with E-state index in [-0.39, 0.29) is 16.6 Å². The molecule has 0 bridgehead atoms. The van der Waals surface area contributed by atoms with E-state index in [4.69, 9.17) is 11.6 Å². The Morgan fingerprint density at radius 2 is 2.06 bits per heavy atom. The molecule has 0 heterocycles. The molecule has 2 nitrogen and oxygen atoms in total. The van der Waals surface area contributed by atoms with Gasteiger partial charge >= 0.3 is 0 Å². The van der Waals surface area contributed by atoms with E-state index in [1.807, 2.05) is 27.7 Å². The minimum Gasteiger partial charge on any atom is -0.598 e. The summed E-state index contributed by atoms with van der Waals surface area (Å²) in [6.45, 7) is 7.55. The molecule has 1 aromatic rings. The minimum atomic E-state index is -1.23. The average molecular weight is 292 g/mol. The fourth-order valence-corrected chi connectivity index (χ4v) is 2.52. The van der Waals surface area contributed by atoms with Crippen LogP contribution in [0.2, 0.25) is 5.02 Å². The van der Waals surface area contributed by atoms with Gasteiger partial charge in [0.25, 0.3) is 0 Å². The topological polar surface area (TPSA) is 35.1 Å². The first-order valence-electron chi connectivity index (χ1n) is 5.88. The van der Waals surface area contributed by atoms with Crippen LogP contribution in [0.5, 0.6) is 0 Å². The fourth-order valence-electron chi connectivity index (χ4n) is 1.46. The van der Waals surface area contributed by atoms with Crippen LogP contribution < -0.4 is 4.72 Å². The number of nitrogens with one attached hydrogen (secondary N) is 1. The molecule has 1 rings (SSSR count). The van der Waals surface area contributed by atoms with Crippen LogP contribution in [-0.4, -0.2) is 9.30 Å². The number of hydrogen-bond donors (Lipinski definition) is 1. The lowest BCUT2D eigenvalue weighted by molar-refractivity contribution is 0.505. The lowest BCUT2D eigenvalue weighted by Gasteiger charge is -2.27. The second kappa shape index (κ2) is 6.24. The standard InChI is InChI=1S/C13H19ClFNOS/c1-5-12(16-18(17)13(2,3)4)10-7-6-9(14)8-11(10)15/h6-8,12,16H,5H2,1-4H3/t12-,18?/m0/s1. The summed E-state index contributed by atoms with van der Waals surface area (Å²) < 4.78 is 28.4. The second-order valence-corrected chi connectivity index (χ2v) is 7.56. The van der Waals surface area contributed by atoms with E-state index in [2.05, 4.69) is 4.72 Å². The van der Waals surface area contributed by atoms with Crippen LogP contribution in [0.15, 0.2) is 18.2 Å². The van der Waals surface area contributed by atoms with Crippen LogP contribution in [0.1, 0.15) is 45.7 Å². The number of rotatable bonds is 4. The van der Waals surface area contributed by atoms with Crippen molar-refractivity contribution in [2.45, 2.75) is 44.9 Å². The molecule has 0 aliphatic rings. The van der Waals surface area contributed by atoms with Gasteiger partial charge in [0.05, 0.1) is 6.04 Å². The van der Waals surface area contributed by atoms with Gasteiger partial charge in [0.1, 0.15) is 10.6 Å². The van der Waals surface area contributed by atoms with E-state index in [0.717, 1.165) is 0 Å². The molecule has 1 unspecified atom stereocenters. The fraction of sp³-hybridized carbons (Fsp3) is 0.538. The molecule has 102 valence electrons. The lowest BCUT2D eigenvalue weighted by Crippen LogP contribution is -2.41. The molecule has 0 saturated heterocycles. The Morgan fingerprint density at radius 3 is 2.50 bits per heavy atom. The lowest BCUT2D eigenvalue weighted by atomic mass is 10.1. The summed E-state index contributed by atoms with van der Waals surface area (Å²) >= 11 is 4.49. The highest BCUT2D eigenvalue weighted by molar-refractivity contribution is 7.90. The highest BCUT2D eigenvalue weighted by atomic mass is 35.5. The summed E-state index contributed by atoms with van der Waals surface area (Å²) in [5, 5.41) is 0.364. The monoisotopic (exact) mass is 291 g/mol. The average Bonchev–Trinajstić information content (AvgIpc) is 2.25. The van der Waals surface area contributed by atoms with Gasteiger partial charge in [0.2, 0.25) is 0 Å². The second-order valence-electron chi connectivity index (χ2n) is 5.13. The van der Waals surface area contributed by atoms with Gasteiger partial charge < -0.3 is 4.55 Å². The van der Waals surface area contributed by atoms with E-state index >= 15 is 0 Å². The van der Waals surface area contributed by atoms with E-state index in [0.29, 0.717) is 17.0 Å². The molecule has 1 aromatic carbocycles. The normalized spacial score (nSPS) is 15.5. The molecule has 0 saturated carbocycles. The van der Waals surface area contributed by atoms with Crippen LogP contribution >= 0.6 is 11.6 Å². The van der Waals surface area contributed by atoms with E-state index in [1.54, 1.807) is 12.1 Å². The molecule has 18 heavy (non-hydrogen) atoms. The van der Waals surface area contributed by atoms with Gasteiger partial charge in [0, 0.05) is 21.9 Å². The first-order valence-corrected chi connectivity index (χ1v) is 7.41. The summed E-state index contributed by atoms with van der Waals surface area (Å²) in [6.07, 6.45) is 0.653. The quantitative estimate of drug-likeness (QED) is 0.852. The predicted octanol–water partition coefficient (Wildman–Crippen LogP) is 3.98. The number of halogens is 2. The molecule has 0 aliphatic heterocycles. The van der Waals surface area contributed by atoms with Crippen LogP contribution in [0.4, 0.5) is 4.39 Å². The van der Waals surface area contributed by atoms with Crippen LogP contribution in [0.3, 0.4) is 0 Å². The first kappa shape index (κ1) is 15.8. The van der Waals surface area contributed by atoms with Gasteiger partial charge in [-0.1, -0.05) is 24.6 Å². The maximum absolute atomic E-state index is 13.8. The molecule has 1 N–H and O–H groups in total. The Labute approximate surface area is 116 Å². The Morgan fingerprint density at radius 1 is 1.44 bits per heavy atom. The smallest absolute Gasteiger partial charge is 0.136 e. The van der Waals surface area contributed by atoms with Crippen molar-refractivity contribution in [2.75, 3.05) is 0 Å². The van der Waals surface area contributed by atoms with Gasteiger partial charge in [-0.25, -0.2) is 4.39 Å². The highest BCUT2D eigenvalue weighted by Crippen LogP contribution is 2.25. The molecule has 0 radical (unpaired) electrons. The Balaban J connectivity index is 2.90. The Kier molecular flexibility index (Phi) is 5.46. The van der Waals surface area contributed by atoms with Gasteiger partial charge in [-0.3, -0.25) is 0 Å². The van der Waals surface area contributed by atoms with Crippen molar-refractivity contribution in [2.24, 2.45) is 0 Å². The van der Waals surface area contributed by atoms with Crippen LogP contribution in [0.25, 0.3) is 0 Å². The maximum Gasteiger partial charge on any atom is 0.136 e. The zero-order valence-electron chi connectivity index (χ0n) is 11.1.